The second kappa shape index (κ2) is 7.03. The van der Waals surface area contributed by atoms with Crippen LogP contribution in [-0.2, 0) is 14.3 Å². The maximum atomic E-state index is 13.1. The molecule has 1 aromatic carbocycles. The van der Waals surface area contributed by atoms with Gasteiger partial charge >= 0.3 is 5.97 Å². The Labute approximate surface area is 141 Å². The van der Waals surface area contributed by atoms with Crippen molar-refractivity contribution in [3.05, 3.63) is 35.9 Å². The van der Waals surface area contributed by atoms with E-state index in [-0.39, 0.29) is 30.3 Å². The Kier molecular flexibility index (Phi) is 4.83. The first kappa shape index (κ1) is 16.5. The summed E-state index contributed by atoms with van der Waals surface area (Å²) >= 11 is 0. The lowest BCUT2D eigenvalue weighted by molar-refractivity contribution is -0.147. The van der Waals surface area contributed by atoms with Gasteiger partial charge in [0.1, 0.15) is 6.04 Å². The minimum atomic E-state index is -0.815. The summed E-state index contributed by atoms with van der Waals surface area (Å²) in [6, 6.07) is 7.99. The molecule has 6 heteroatoms. The second-order valence-electron chi connectivity index (χ2n) is 6.34. The van der Waals surface area contributed by atoms with Crippen LogP contribution in [0.25, 0.3) is 0 Å². The maximum absolute atomic E-state index is 13.1. The van der Waals surface area contributed by atoms with Crippen molar-refractivity contribution in [3.8, 4) is 0 Å². The van der Waals surface area contributed by atoms with Crippen LogP contribution in [0.3, 0.4) is 0 Å². The van der Waals surface area contributed by atoms with Gasteiger partial charge in [-0.25, -0.2) is 0 Å². The summed E-state index contributed by atoms with van der Waals surface area (Å²) in [5.74, 6) is -0.959. The first-order valence-corrected chi connectivity index (χ1v) is 8.36. The van der Waals surface area contributed by atoms with E-state index < -0.39 is 12.0 Å². The molecule has 6 nitrogen and oxygen atoms in total. The molecule has 2 aliphatic rings. The zero-order valence-electron chi connectivity index (χ0n) is 13.7. The van der Waals surface area contributed by atoms with Crippen molar-refractivity contribution in [2.75, 3.05) is 7.11 Å². The molecule has 0 spiro atoms. The molecule has 2 amide bonds. The molecule has 3 atom stereocenters. The van der Waals surface area contributed by atoms with Crippen LogP contribution in [0.1, 0.15) is 42.5 Å². The molecule has 1 saturated carbocycles. The number of nitrogens with zero attached hydrogens (tertiary/aromatic N) is 1. The van der Waals surface area contributed by atoms with Gasteiger partial charge in [0.15, 0.2) is 0 Å². The molecule has 0 unspecified atom stereocenters. The molecule has 0 radical (unpaired) electrons. The molecule has 3 rings (SSSR count). The first-order chi connectivity index (χ1) is 11.6. The number of esters is 1. The standard InChI is InChI=1S/C18H22N2O4/c1-24-16(21)11-15-17(22)19-13-9-5-6-10-14(13)20(15)18(23)12-7-3-2-4-8-12/h2-4,7-8,13-15H,5-6,9-11H2,1H3,(H,19,22)/t13-,14+,15-/m0/s1. The third-order valence-corrected chi connectivity index (χ3v) is 4.90. The average molecular weight is 330 g/mol. The molecule has 128 valence electrons. The molecule has 0 aromatic heterocycles. The lowest BCUT2D eigenvalue weighted by Gasteiger charge is -2.48. The van der Waals surface area contributed by atoms with Gasteiger partial charge in [-0.2, -0.15) is 0 Å². The number of rotatable bonds is 3. The highest BCUT2D eigenvalue weighted by atomic mass is 16.5. The Balaban J connectivity index is 1.94. The first-order valence-electron chi connectivity index (χ1n) is 8.36. The lowest BCUT2D eigenvalue weighted by atomic mass is 9.84. The normalized spacial score (nSPS) is 26.3. The second-order valence-corrected chi connectivity index (χ2v) is 6.34. The number of carbonyl (C=O) groups excluding carboxylic acids is 3. The number of hydrogen-bond acceptors (Lipinski definition) is 4. The van der Waals surface area contributed by atoms with Gasteiger partial charge in [-0.3, -0.25) is 14.4 Å². The number of methoxy groups -OCH3 is 1. The van der Waals surface area contributed by atoms with Crippen molar-refractivity contribution < 1.29 is 19.1 Å². The summed E-state index contributed by atoms with van der Waals surface area (Å²) in [5.41, 5.74) is 0.534. The number of benzene rings is 1. The fourth-order valence-corrected chi connectivity index (χ4v) is 3.70. The number of ether oxygens (including phenoxy) is 1. The average Bonchev–Trinajstić information content (AvgIpc) is 2.62. The highest BCUT2D eigenvalue weighted by Crippen LogP contribution is 2.30. The van der Waals surface area contributed by atoms with E-state index >= 15 is 0 Å². The Hall–Kier alpha value is -2.37. The van der Waals surface area contributed by atoms with E-state index in [9.17, 15) is 14.4 Å². The predicted molar refractivity (Wildman–Crippen MR) is 87.2 cm³/mol. The molecule has 1 aromatic rings. The van der Waals surface area contributed by atoms with E-state index in [2.05, 4.69) is 5.32 Å². The van der Waals surface area contributed by atoms with Crippen molar-refractivity contribution in [2.45, 2.75) is 50.2 Å². The van der Waals surface area contributed by atoms with E-state index in [1.807, 2.05) is 6.07 Å². The molecule has 1 saturated heterocycles. The molecular formula is C18H22N2O4. The number of nitrogens with one attached hydrogen (secondary N) is 1. The van der Waals surface area contributed by atoms with Crippen molar-refractivity contribution in [2.24, 2.45) is 0 Å². The van der Waals surface area contributed by atoms with Gasteiger partial charge in [0.25, 0.3) is 5.91 Å². The SMILES string of the molecule is COC(=O)C[C@H]1C(=O)N[C@H]2CCCC[C@H]2N1C(=O)c1ccccc1. The van der Waals surface area contributed by atoms with E-state index in [0.29, 0.717) is 5.56 Å². The summed E-state index contributed by atoms with van der Waals surface area (Å²) < 4.78 is 4.71. The molecular weight excluding hydrogens is 308 g/mol. The fourth-order valence-electron chi connectivity index (χ4n) is 3.70. The van der Waals surface area contributed by atoms with Gasteiger partial charge in [0.05, 0.1) is 19.6 Å². The van der Waals surface area contributed by atoms with Gasteiger partial charge in [-0.1, -0.05) is 31.0 Å². The van der Waals surface area contributed by atoms with Crippen molar-refractivity contribution in [1.29, 1.82) is 0 Å². The van der Waals surface area contributed by atoms with Gasteiger partial charge in [0.2, 0.25) is 5.91 Å². The molecule has 1 heterocycles. The largest absolute Gasteiger partial charge is 0.469 e. The molecule has 0 bridgehead atoms. The van der Waals surface area contributed by atoms with Crippen LogP contribution < -0.4 is 5.32 Å². The van der Waals surface area contributed by atoms with Crippen molar-refractivity contribution in [3.63, 3.8) is 0 Å². The van der Waals surface area contributed by atoms with Gasteiger partial charge in [0, 0.05) is 11.6 Å². The third-order valence-electron chi connectivity index (χ3n) is 4.90. The lowest BCUT2D eigenvalue weighted by Crippen LogP contribution is -2.67. The monoisotopic (exact) mass is 330 g/mol. The van der Waals surface area contributed by atoms with Crippen LogP contribution in [0.5, 0.6) is 0 Å². The Morgan fingerprint density at radius 1 is 1.21 bits per heavy atom. The van der Waals surface area contributed by atoms with Crippen LogP contribution >= 0.6 is 0 Å². The summed E-state index contributed by atoms with van der Waals surface area (Å²) in [6.45, 7) is 0. The number of piperazine rings is 1. The Morgan fingerprint density at radius 2 is 1.92 bits per heavy atom. The quantitative estimate of drug-likeness (QED) is 0.852. The van der Waals surface area contributed by atoms with E-state index in [0.717, 1.165) is 25.7 Å². The van der Waals surface area contributed by atoms with Crippen molar-refractivity contribution in [1.82, 2.24) is 10.2 Å². The van der Waals surface area contributed by atoms with Crippen LogP contribution in [0.15, 0.2) is 30.3 Å². The van der Waals surface area contributed by atoms with E-state index in [1.165, 1.54) is 7.11 Å². The zero-order chi connectivity index (χ0) is 17.1. The molecule has 24 heavy (non-hydrogen) atoms. The summed E-state index contributed by atoms with van der Waals surface area (Å²) in [7, 11) is 1.29. The van der Waals surface area contributed by atoms with Crippen molar-refractivity contribution >= 4 is 17.8 Å². The number of amides is 2. The molecule has 2 fully saturated rings. The summed E-state index contributed by atoms with van der Waals surface area (Å²) in [6.07, 6.45) is 3.63. The van der Waals surface area contributed by atoms with Crippen LogP contribution in [0, 0.1) is 0 Å². The Morgan fingerprint density at radius 3 is 2.62 bits per heavy atom. The minimum absolute atomic E-state index is 0.0344. The highest BCUT2D eigenvalue weighted by molar-refractivity contribution is 5.99. The van der Waals surface area contributed by atoms with E-state index in [1.54, 1.807) is 29.2 Å². The topological polar surface area (TPSA) is 75.7 Å². The van der Waals surface area contributed by atoms with Crippen LogP contribution in [0.2, 0.25) is 0 Å². The Bertz CT molecular complexity index is 631. The minimum Gasteiger partial charge on any atom is -0.469 e. The molecule has 1 aliphatic carbocycles. The van der Waals surface area contributed by atoms with Gasteiger partial charge in [-0.05, 0) is 25.0 Å². The van der Waals surface area contributed by atoms with Crippen LogP contribution in [0.4, 0.5) is 0 Å². The fraction of sp³-hybridized carbons (Fsp3) is 0.500. The summed E-state index contributed by atoms with van der Waals surface area (Å²) in [5, 5.41) is 2.99. The number of carbonyl (C=O) groups is 3. The third kappa shape index (κ3) is 3.13. The van der Waals surface area contributed by atoms with E-state index in [4.69, 9.17) is 4.74 Å². The molecule has 1 N–H and O–H groups in total. The molecule has 1 aliphatic heterocycles. The van der Waals surface area contributed by atoms with Gasteiger partial charge in [-0.15, -0.1) is 0 Å². The maximum Gasteiger partial charge on any atom is 0.308 e. The number of hydrogen-bond donors (Lipinski definition) is 1. The van der Waals surface area contributed by atoms with Gasteiger partial charge < -0.3 is 15.0 Å². The smallest absolute Gasteiger partial charge is 0.308 e. The highest BCUT2D eigenvalue weighted by Gasteiger charge is 2.46. The summed E-state index contributed by atoms with van der Waals surface area (Å²) in [4.78, 5) is 39.0. The van der Waals surface area contributed by atoms with Crippen LogP contribution in [-0.4, -0.2) is 47.9 Å². The zero-order valence-corrected chi connectivity index (χ0v) is 13.7. The number of fused-ring (bicyclic) bond motifs is 1. The predicted octanol–water partition coefficient (Wildman–Crippen LogP) is 1.50.